The van der Waals surface area contributed by atoms with Crippen LogP contribution >= 0.6 is 0 Å². The van der Waals surface area contributed by atoms with Gasteiger partial charge in [0.2, 0.25) is 0 Å². The van der Waals surface area contributed by atoms with E-state index in [0.29, 0.717) is 37.7 Å². The summed E-state index contributed by atoms with van der Waals surface area (Å²) in [6.45, 7) is 7.93. The Bertz CT molecular complexity index is 654. The van der Waals surface area contributed by atoms with E-state index in [2.05, 4.69) is 13.5 Å². The molecular formula is C20H28O4. The average Bonchev–Trinajstić information content (AvgIpc) is 2.73. The zero-order valence-electron chi connectivity index (χ0n) is 14.7. The fourth-order valence-electron chi connectivity index (χ4n) is 7.29. The molecule has 0 aromatic heterocycles. The molecule has 0 unspecified atom stereocenters. The second-order valence-electron chi connectivity index (χ2n) is 9.32. The van der Waals surface area contributed by atoms with Crippen LogP contribution in [0.5, 0.6) is 0 Å². The summed E-state index contributed by atoms with van der Waals surface area (Å²) in [5.74, 6) is -0.555. The Morgan fingerprint density at radius 3 is 2.54 bits per heavy atom. The standard InChI is InChI=1S/C20H28O4/c1-12-13-5-10-20(24)18(3)8-4-7-17(2,16(22)23)14(18)6-9-19(20,11-13)15(12)21/h13-14,24H,1,4-11H2,2-3H3,(H,22,23)/t13-,14+,17+,18+,19-,20+/m0/s1. The Morgan fingerprint density at radius 1 is 1.17 bits per heavy atom. The molecule has 2 bridgehead atoms. The summed E-state index contributed by atoms with van der Waals surface area (Å²) in [6, 6.07) is 0. The van der Waals surface area contributed by atoms with Gasteiger partial charge in [0.1, 0.15) is 0 Å². The van der Waals surface area contributed by atoms with Crippen molar-refractivity contribution in [1.82, 2.24) is 0 Å². The summed E-state index contributed by atoms with van der Waals surface area (Å²) in [5.41, 5.74) is -2.42. The molecule has 4 nitrogen and oxygen atoms in total. The Kier molecular flexibility index (Phi) is 3.07. The average molecular weight is 332 g/mol. The van der Waals surface area contributed by atoms with Gasteiger partial charge in [-0.05, 0) is 69.3 Å². The molecule has 24 heavy (non-hydrogen) atoms. The van der Waals surface area contributed by atoms with E-state index in [1.165, 1.54) is 0 Å². The number of hydrogen-bond donors (Lipinski definition) is 2. The predicted octanol–water partition coefficient (Wildman–Crippen LogP) is 3.33. The fourth-order valence-corrected chi connectivity index (χ4v) is 7.29. The first-order valence-corrected chi connectivity index (χ1v) is 9.32. The van der Waals surface area contributed by atoms with Crippen LogP contribution in [0.25, 0.3) is 0 Å². The van der Waals surface area contributed by atoms with Gasteiger partial charge in [-0.1, -0.05) is 19.9 Å². The van der Waals surface area contributed by atoms with Crippen LogP contribution in [0.2, 0.25) is 0 Å². The van der Waals surface area contributed by atoms with Gasteiger partial charge in [0.05, 0.1) is 16.4 Å². The number of rotatable bonds is 1. The Morgan fingerprint density at radius 2 is 1.88 bits per heavy atom. The van der Waals surface area contributed by atoms with Gasteiger partial charge in [-0.25, -0.2) is 0 Å². The second-order valence-corrected chi connectivity index (χ2v) is 9.32. The van der Waals surface area contributed by atoms with Crippen molar-refractivity contribution in [3.8, 4) is 0 Å². The Hall–Kier alpha value is -1.16. The van der Waals surface area contributed by atoms with Gasteiger partial charge in [0, 0.05) is 5.41 Å². The lowest BCUT2D eigenvalue weighted by Gasteiger charge is -2.66. The van der Waals surface area contributed by atoms with Gasteiger partial charge in [-0.3, -0.25) is 9.59 Å². The van der Waals surface area contributed by atoms with Gasteiger partial charge in [0.25, 0.3) is 0 Å². The molecule has 0 radical (unpaired) electrons. The number of aliphatic hydroxyl groups is 1. The number of carbonyl (C=O) groups excluding carboxylic acids is 1. The minimum absolute atomic E-state index is 0.0646. The molecule has 0 heterocycles. The second kappa shape index (κ2) is 4.51. The summed E-state index contributed by atoms with van der Waals surface area (Å²) in [7, 11) is 0. The third-order valence-electron chi connectivity index (χ3n) is 8.68. The first-order valence-electron chi connectivity index (χ1n) is 9.32. The minimum Gasteiger partial charge on any atom is -0.481 e. The highest BCUT2D eigenvalue weighted by molar-refractivity contribution is 6.04. The number of carbonyl (C=O) groups is 2. The van der Waals surface area contributed by atoms with E-state index in [1.807, 2.05) is 6.92 Å². The topological polar surface area (TPSA) is 74.6 Å². The molecule has 0 amide bonds. The maximum absolute atomic E-state index is 13.1. The van der Waals surface area contributed by atoms with E-state index in [1.54, 1.807) is 0 Å². The van der Waals surface area contributed by atoms with Crippen LogP contribution in [0.1, 0.15) is 65.2 Å². The molecule has 4 aliphatic carbocycles. The van der Waals surface area contributed by atoms with Crippen molar-refractivity contribution in [2.24, 2.45) is 28.1 Å². The Labute approximate surface area is 143 Å². The van der Waals surface area contributed by atoms with Crippen molar-refractivity contribution >= 4 is 11.8 Å². The lowest BCUT2D eigenvalue weighted by molar-refractivity contribution is -0.255. The number of carboxylic acid groups (broad SMARTS) is 1. The number of fused-ring (bicyclic) bond motifs is 3. The highest BCUT2D eigenvalue weighted by atomic mass is 16.4. The quantitative estimate of drug-likeness (QED) is 0.722. The van der Waals surface area contributed by atoms with Crippen LogP contribution in [-0.2, 0) is 9.59 Å². The van der Waals surface area contributed by atoms with Crippen molar-refractivity contribution in [3.05, 3.63) is 12.2 Å². The van der Waals surface area contributed by atoms with E-state index in [4.69, 9.17) is 0 Å². The maximum Gasteiger partial charge on any atom is 0.309 e. The van der Waals surface area contributed by atoms with E-state index in [-0.39, 0.29) is 17.6 Å². The number of Topliss-reactive ketones (excluding diaryl/α,β-unsaturated/α-hetero) is 1. The van der Waals surface area contributed by atoms with E-state index >= 15 is 0 Å². The molecule has 2 N–H and O–H groups in total. The normalized spacial score (nSPS) is 53.5. The number of ketones is 1. The molecule has 4 saturated carbocycles. The van der Waals surface area contributed by atoms with E-state index in [0.717, 1.165) is 19.3 Å². The first kappa shape index (κ1) is 16.3. The van der Waals surface area contributed by atoms with Crippen molar-refractivity contribution in [3.63, 3.8) is 0 Å². The zero-order chi connectivity index (χ0) is 17.5. The summed E-state index contributed by atoms with van der Waals surface area (Å²) in [6.07, 6.45) is 5.71. The van der Waals surface area contributed by atoms with Crippen LogP contribution in [-0.4, -0.2) is 27.6 Å². The third-order valence-corrected chi connectivity index (χ3v) is 8.68. The molecule has 4 rings (SSSR count). The lowest BCUT2D eigenvalue weighted by Crippen LogP contribution is -2.70. The van der Waals surface area contributed by atoms with Gasteiger partial charge >= 0.3 is 5.97 Å². The predicted molar refractivity (Wildman–Crippen MR) is 89.3 cm³/mol. The van der Waals surface area contributed by atoms with Crippen molar-refractivity contribution in [1.29, 1.82) is 0 Å². The molecule has 0 saturated heterocycles. The molecule has 4 fully saturated rings. The number of hydrogen-bond acceptors (Lipinski definition) is 3. The van der Waals surface area contributed by atoms with Crippen molar-refractivity contribution < 1.29 is 19.8 Å². The van der Waals surface area contributed by atoms with Crippen LogP contribution < -0.4 is 0 Å². The molecule has 0 aromatic rings. The molecule has 4 heteroatoms. The first-order chi connectivity index (χ1) is 11.1. The number of allylic oxidation sites excluding steroid dienone is 1. The minimum atomic E-state index is -1.09. The molecule has 0 aliphatic heterocycles. The van der Waals surface area contributed by atoms with Gasteiger partial charge in [-0.15, -0.1) is 0 Å². The van der Waals surface area contributed by atoms with E-state index in [9.17, 15) is 19.8 Å². The molecule has 132 valence electrons. The highest BCUT2D eigenvalue weighted by Gasteiger charge is 2.75. The lowest BCUT2D eigenvalue weighted by atomic mass is 9.38. The monoisotopic (exact) mass is 332 g/mol. The largest absolute Gasteiger partial charge is 0.481 e. The smallest absolute Gasteiger partial charge is 0.309 e. The number of carboxylic acids is 1. The molecule has 6 atom stereocenters. The summed E-state index contributed by atoms with van der Waals surface area (Å²) in [4.78, 5) is 25.1. The Balaban J connectivity index is 1.86. The van der Waals surface area contributed by atoms with Crippen LogP contribution in [0, 0.1) is 28.1 Å². The van der Waals surface area contributed by atoms with Crippen LogP contribution in [0.15, 0.2) is 12.2 Å². The van der Waals surface area contributed by atoms with E-state index < -0.39 is 27.8 Å². The molecule has 4 aliphatic rings. The molecular weight excluding hydrogens is 304 g/mol. The zero-order valence-corrected chi connectivity index (χ0v) is 14.7. The number of aliphatic carboxylic acids is 1. The maximum atomic E-state index is 13.1. The highest BCUT2D eigenvalue weighted by Crippen LogP contribution is 2.72. The SMILES string of the molecule is C=C1C(=O)[C@@]23CC[C@@H]4[C@](C)(C(=O)O)CCC[C@@]4(C)[C@]2(O)CC[C@H]1C3. The fraction of sp³-hybridized carbons (Fsp3) is 0.800. The van der Waals surface area contributed by atoms with Crippen molar-refractivity contribution in [2.75, 3.05) is 0 Å². The molecule has 0 aromatic carbocycles. The van der Waals surface area contributed by atoms with Crippen LogP contribution in [0.3, 0.4) is 0 Å². The van der Waals surface area contributed by atoms with Gasteiger partial charge in [0.15, 0.2) is 5.78 Å². The third kappa shape index (κ3) is 1.50. The summed E-state index contributed by atoms with van der Waals surface area (Å²) in [5, 5.41) is 21.9. The van der Waals surface area contributed by atoms with Crippen molar-refractivity contribution in [2.45, 2.75) is 70.8 Å². The van der Waals surface area contributed by atoms with Gasteiger partial charge in [-0.2, -0.15) is 0 Å². The van der Waals surface area contributed by atoms with Gasteiger partial charge < -0.3 is 10.2 Å². The van der Waals surface area contributed by atoms with Crippen LogP contribution in [0.4, 0.5) is 0 Å². The summed E-state index contributed by atoms with van der Waals surface area (Å²) < 4.78 is 0. The molecule has 1 spiro atoms. The summed E-state index contributed by atoms with van der Waals surface area (Å²) >= 11 is 0.